The molecule has 0 saturated carbocycles. The topological polar surface area (TPSA) is 88.5 Å². The van der Waals surface area contributed by atoms with Gasteiger partial charge < -0.3 is 15.2 Å². The minimum absolute atomic E-state index is 0.0986. The van der Waals surface area contributed by atoms with E-state index in [1.165, 1.54) is 11.3 Å². The number of ether oxygens (including phenoxy) is 1. The van der Waals surface area contributed by atoms with Gasteiger partial charge in [-0.2, -0.15) is 0 Å². The maximum absolute atomic E-state index is 12.1. The number of aromatic nitrogens is 1. The van der Waals surface area contributed by atoms with Crippen LogP contribution in [0.2, 0.25) is 0 Å². The molecule has 7 heteroatoms. The summed E-state index contributed by atoms with van der Waals surface area (Å²) in [5, 5.41) is 13.7. The highest BCUT2D eigenvalue weighted by atomic mass is 32.1. The van der Waals surface area contributed by atoms with E-state index in [2.05, 4.69) is 10.3 Å². The van der Waals surface area contributed by atoms with Crippen LogP contribution < -0.4 is 10.1 Å². The molecular weight excluding hydrogens is 304 g/mol. The summed E-state index contributed by atoms with van der Waals surface area (Å²) in [5.74, 6) is -0.574. The van der Waals surface area contributed by atoms with Gasteiger partial charge in [-0.15, -0.1) is 11.3 Å². The summed E-state index contributed by atoms with van der Waals surface area (Å²) in [6, 6.07) is 5.52. The molecule has 2 rings (SSSR count). The Kier molecular flexibility index (Phi) is 5.11. The van der Waals surface area contributed by atoms with Crippen molar-refractivity contribution in [2.24, 2.45) is 0 Å². The molecule has 0 aliphatic heterocycles. The Bertz CT molecular complexity index is 697. The maximum Gasteiger partial charge on any atom is 0.309 e. The molecule has 1 aromatic carbocycles. The number of amides is 1. The van der Waals surface area contributed by atoms with Gasteiger partial charge in [0.1, 0.15) is 10.8 Å². The summed E-state index contributed by atoms with van der Waals surface area (Å²) in [5.41, 5.74) is 2.08. The molecule has 0 atom stereocenters. The van der Waals surface area contributed by atoms with Crippen LogP contribution in [0.15, 0.2) is 23.6 Å². The van der Waals surface area contributed by atoms with Crippen LogP contribution in [0.4, 0.5) is 5.69 Å². The van der Waals surface area contributed by atoms with Crippen molar-refractivity contribution < 1.29 is 19.4 Å². The van der Waals surface area contributed by atoms with Crippen LogP contribution in [0.1, 0.15) is 16.3 Å². The van der Waals surface area contributed by atoms with Gasteiger partial charge in [-0.1, -0.05) is 6.07 Å². The van der Waals surface area contributed by atoms with E-state index in [0.29, 0.717) is 22.1 Å². The number of carbonyl (C=O) groups excluding carboxylic acids is 1. The molecule has 1 heterocycles. The molecule has 6 nitrogen and oxygen atoms in total. The first kappa shape index (κ1) is 16.0. The fourth-order valence-electron chi connectivity index (χ4n) is 1.92. The molecular formula is C15H16N2O4S. The van der Waals surface area contributed by atoms with Gasteiger partial charge in [0.15, 0.2) is 0 Å². The number of thiazole rings is 1. The van der Waals surface area contributed by atoms with Crippen molar-refractivity contribution in [2.45, 2.75) is 19.8 Å². The summed E-state index contributed by atoms with van der Waals surface area (Å²) in [7, 11) is 1.54. The average molecular weight is 320 g/mol. The Balaban J connectivity index is 2.02. The molecule has 2 N–H and O–H groups in total. The SMILES string of the molecule is COc1ccc(C)cc1NC(=O)Cc1nc(CC(=O)O)cs1. The largest absolute Gasteiger partial charge is 0.495 e. The van der Waals surface area contributed by atoms with Crippen molar-refractivity contribution in [1.82, 2.24) is 4.98 Å². The summed E-state index contributed by atoms with van der Waals surface area (Å²) >= 11 is 1.28. The number of anilines is 1. The highest BCUT2D eigenvalue weighted by Gasteiger charge is 2.12. The van der Waals surface area contributed by atoms with Crippen LogP contribution in [0, 0.1) is 6.92 Å². The number of rotatable bonds is 6. The Hall–Kier alpha value is -2.41. The van der Waals surface area contributed by atoms with E-state index in [0.717, 1.165) is 5.56 Å². The standard InChI is InChI=1S/C15H16N2O4S/c1-9-3-4-12(21-2)11(5-9)17-13(18)7-14-16-10(8-22-14)6-15(19)20/h3-5,8H,6-7H2,1-2H3,(H,17,18)(H,19,20). The fraction of sp³-hybridized carbons (Fsp3) is 0.267. The number of carbonyl (C=O) groups is 2. The number of benzene rings is 1. The number of methoxy groups -OCH3 is 1. The highest BCUT2D eigenvalue weighted by Crippen LogP contribution is 2.25. The minimum Gasteiger partial charge on any atom is -0.495 e. The summed E-state index contributed by atoms with van der Waals surface area (Å²) in [4.78, 5) is 26.8. The molecule has 22 heavy (non-hydrogen) atoms. The lowest BCUT2D eigenvalue weighted by Gasteiger charge is -2.10. The summed E-state index contributed by atoms with van der Waals surface area (Å²) in [6.07, 6.45) is -0.0365. The lowest BCUT2D eigenvalue weighted by molar-refractivity contribution is -0.136. The summed E-state index contributed by atoms with van der Waals surface area (Å²) < 4.78 is 5.21. The van der Waals surface area contributed by atoms with Crippen LogP contribution in [0.5, 0.6) is 5.75 Å². The van der Waals surface area contributed by atoms with Gasteiger partial charge in [0, 0.05) is 5.38 Å². The van der Waals surface area contributed by atoms with Gasteiger partial charge in [0.2, 0.25) is 5.91 Å². The van der Waals surface area contributed by atoms with E-state index in [-0.39, 0.29) is 18.7 Å². The molecule has 0 unspecified atom stereocenters. The Labute approximate surface area is 131 Å². The first-order valence-corrected chi connectivity index (χ1v) is 7.45. The van der Waals surface area contributed by atoms with Crippen molar-refractivity contribution in [3.05, 3.63) is 39.8 Å². The number of aryl methyl sites for hydroxylation is 1. The Morgan fingerprint density at radius 2 is 2.14 bits per heavy atom. The molecule has 0 saturated heterocycles. The van der Waals surface area contributed by atoms with E-state index in [4.69, 9.17) is 9.84 Å². The van der Waals surface area contributed by atoms with Crippen LogP contribution in [-0.4, -0.2) is 29.1 Å². The predicted octanol–water partition coefficient (Wildman–Crippen LogP) is 2.27. The van der Waals surface area contributed by atoms with Gasteiger partial charge >= 0.3 is 5.97 Å². The van der Waals surface area contributed by atoms with Crippen LogP contribution in [0.3, 0.4) is 0 Å². The zero-order chi connectivity index (χ0) is 16.1. The predicted molar refractivity (Wildman–Crippen MR) is 83.5 cm³/mol. The normalized spacial score (nSPS) is 10.3. The van der Waals surface area contributed by atoms with Gasteiger partial charge in [-0.3, -0.25) is 9.59 Å². The van der Waals surface area contributed by atoms with Crippen LogP contribution in [0.25, 0.3) is 0 Å². The molecule has 1 aromatic heterocycles. The third-order valence-corrected chi connectivity index (χ3v) is 3.77. The monoisotopic (exact) mass is 320 g/mol. The van der Waals surface area contributed by atoms with E-state index in [1.807, 2.05) is 19.1 Å². The first-order valence-electron chi connectivity index (χ1n) is 6.57. The molecule has 0 aliphatic rings. The molecule has 1 amide bonds. The third-order valence-electron chi connectivity index (χ3n) is 2.87. The van der Waals surface area contributed by atoms with Crippen molar-refractivity contribution >= 4 is 28.9 Å². The molecule has 0 bridgehead atoms. The van der Waals surface area contributed by atoms with E-state index in [1.54, 1.807) is 18.6 Å². The number of hydrogen-bond acceptors (Lipinski definition) is 5. The molecule has 2 aromatic rings. The van der Waals surface area contributed by atoms with Gasteiger partial charge in [-0.25, -0.2) is 4.98 Å². The molecule has 116 valence electrons. The number of carboxylic acid groups (broad SMARTS) is 1. The molecule has 0 aliphatic carbocycles. The fourth-order valence-corrected chi connectivity index (χ4v) is 2.71. The van der Waals surface area contributed by atoms with Crippen molar-refractivity contribution in [1.29, 1.82) is 0 Å². The number of aliphatic carboxylic acids is 1. The quantitative estimate of drug-likeness (QED) is 0.852. The van der Waals surface area contributed by atoms with Crippen molar-refractivity contribution in [2.75, 3.05) is 12.4 Å². The third kappa shape index (κ3) is 4.29. The average Bonchev–Trinajstić information content (AvgIpc) is 2.85. The summed E-state index contributed by atoms with van der Waals surface area (Å²) in [6.45, 7) is 1.92. The zero-order valence-corrected chi connectivity index (χ0v) is 13.1. The maximum atomic E-state index is 12.1. The second-order valence-electron chi connectivity index (χ2n) is 4.73. The lowest BCUT2D eigenvalue weighted by atomic mass is 10.2. The minimum atomic E-state index is -0.939. The molecule has 0 fully saturated rings. The second kappa shape index (κ2) is 7.04. The second-order valence-corrected chi connectivity index (χ2v) is 5.67. The van der Waals surface area contributed by atoms with E-state index >= 15 is 0 Å². The van der Waals surface area contributed by atoms with Gasteiger partial charge in [0.05, 0.1) is 31.3 Å². The smallest absolute Gasteiger partial charge is 0.309 e. The lowest BCUT2D eigenvalue weighted by Crippen LogP contribution is -2.15. The number of hydrogen-bond donors (Lipinski definition) is 2. The molecule has 0 radical (unpaired) electrons. The van der Waals surface area contributed by atoms with Gasteiger partial charge in [-0.05, 0) is 24.6 Å². The van der Waals surface area contributed by atoms with Crippen molar-refractivity contribution in [3.8, 4) is 5.75 Å². The highest BCUT2D eigenvalue weighted by molar-refractivity contribution is 7.09. The van der Waals surface area contributed by atoms with Crippen LogP contribution >= 0.6 is 11.3 Å². The molecule has 0 spiro atoms. The zero-order valence-electron chi connectivity index (χ0n) is 12.3. The number of nitrogens with one attached hydrogen (secondary N) is 1. The van der Waals surface area contributed by atoms with E-state index < -0.39 is 5.97 Å². The first-order chi connectivity index (χ1) is 10.5. The Morgan fingerprint density at radius 1 is 1.36 bits per heavy atom. The Morgan fingerprint density at radius 3 is 2.82 bits per heavy atom. The van der Waals surface area contributed by atoms with E-state index in [9.17, 15) is 9.59 Å². The van der Waals surface area contributed by atoms with Crippen LogP contribution in [-0.2, 0) is 22.4 Å². The van der Waals surface area contributed by atoms with Gasteiger partial charge in [0.25, 0.3) is 0 Å². The number of nitrogens with zero attached hydrogens (tertiary/aromatic N) is 1. The number of carboxylic acids is 1. The van der Waals surface area contributed by atoms with Crippen molar-refractivity contribution in [3.63, 3.8) is 0 Å².